The van der Waals surface area contributed by atoms with Crippen molar-refractivity contribution in [1.29, 1.82) is 0 Å². The quantitative estimate of drug-likeness (QED) is 0.678. The van der Waals surface area contributed by atoms with E-state index in [2.05, 4.69) is 20.3 Å². The van der Waals surface area contributed by atoms with Crippen molar-refractivity contribution in [3.05, 3.63) is 42.2 Å². The molecular weight excluding hydrogens is 326 g/mol. The highest BCUT2D eigenvalue weighted by Crippen LogP contribution is 2.47. The van der Waals surface area contributed by atoms with Crippen molar-refractivity contribution in [3.8, 4) is 11.4 Å². The second-order valence-corrected chi connectivity index (χ2v) is 7.38. The number of hydrogen-bond donors (Lipinski definition) is 1. The van der Waals surface area contributed by atoms with E-state index >= 15 is 0 Å². The molecule has 0 atom stereocenters. The lowest BCUT2D eigenvalue weighted by Gasteiger charge is -2.38. The Kier molecular flexibility index (Phi) is 4.57. The number of benzene rings is 1. The van der Waals surface area contributed by atoms with Crippen LogP contribution in [0.3, 0.4) is 0 Å². The molecule has 0 amide bonds. The number of nitrogens with one attached hydrogen (secondary N) is 1. The van der Waals surface area contributed by atoms with Crippen molar-refractivity contribution in [1.82, 2.24) is 20.0 Å². The summed E-state index contributed by atoms with van der Waals surface area (Å²) in [6.45, 7) is 2.94. The fraction of sp³-hybridized carbons (Fsp3) is 0.500. The first kappa shape index (κ1) is 16.9. The third kappa shape index (κ3) is 3.28. The zero-order valence-electron chi connectivity index (χ0n) is 15.6. The Morgan fingerprint density at radius 2 is 2.04 bits per heavy atom. The van der Waals surface area contributed by atoms with E-state index in [1.807, 2.05) is 48.3 Å². The molecule has 0 unspecified atom stereocenters. The van der Waals surface area contributed by atoms with Gasteiger partial charge in [-0.25, -0.2) is 4.68 Å². The Labute approximate surface area is 154 Å². The Morgan fingerprint density at radius 1 is 1.23 bits per heavy atom. The van der Waals surface area contributed by atoms with Crippen LogP contribution in [0.4, 0.5) is 0 Å². The first-order chi connectivity index (χ1) is 12.7. The Morgan fingerprint density at radius 3 is 2.65 bits per heavy atom. The van der Waals surface area contributed by atoms with E-state index in [9.17, 15) is 0 Å². The molecule has 0 bridgehead atoms. The van der Waals surface area contributed by atoms with Gasteiger partial charge in [0.15, 0.2) is 5.96 Å². The van der Waals surface area contributed by atoms with Gasteiger partial charge in [0.1, 0.15) is 5.75 Å². The van der Waals surface area contributed by atoms with Gasteiger partial charge in [0.25, 0.3) is 0 Å². The Balaban J connectivity index is 1.36. The summed E-state index contributed by atoms with van der Waals surface area (Å²) in [5.74, 6) is 1.84. The van der Waals surface area contributed by atoms with Gasteiger partial charge < -0.3 is 15.0 Å². The van der Waals surface area contributed by atoms with Crippen LogP contribution in [0.25, 0.3) is 5.69 Å². The average molecular weight is 353 g/mol. The molecule has 1 N–H and O–H groups in total. The van der Waals surface area contributed by atoms with Crippen molar-refractivity contribution in [2.75, 3.05) is 27.2 Å². The number of nitrogens with zero attached hydrogens (tertiary/aromatic N) is 4. The van der Waals surface area contributed by atoms with E-state index in [0.717, 1.165) is 36.2 Å². The smallest absolute Gasteiger partial charge is 0.193 e. The predicted molar refractivity (Wildman–Crippen MR) is 103 cm³/mol. The van der Waals surface area contributed by atoms with Gasteiger partial charge in [0, 0.05) is 26.3 Å². The molecule has 1 aromatic heterocycles. The molecule has 6 nitrogen and oxygen atoms in total. The molecule has 2 heterocycles. The lowest BCUT2D eigenvalue weighted by molar-refractivity contribution is 0.151. The van der Waals surface area contributed by atoms with E-state index in [4.69, 9.17) is 4.74 Å². The van der Waals surface area contributed by atoms with Crippen molar-refractivity contribution < 1.29 is 4.74 Å². The summed E-state index contributed by atoms with van der Waals surface area (Å²) in [4.78, 5) is 6.88. The average Bonchev–Trinajstić information content (AvgIpc) is 3.30. The number of aliphatic imine (C=N–C) groups is 1. The first-order valence-electron chi connectivity index (χ1n) is 9.36. The van der Waals surface area contributed by atoms with Crippen LogP contribution in [0.2, 0.25) is 0 Å². The molecule has 26 heavy (non-hydrogen) atoms. The van der Waals surface area contributed by atoms with Gasteiger partial charge in [-0.15, -0.1) is 0 Å². The summed E-state index contributed by atoms with van der Waals surface area (Å²) in [5, 5.41) is 8.14. The minimum Gasteiger partial charge on any atom is -0.497 e. The van der Waals surface area contributed by atoms with Crippen LogP contribution >= 0.6 is 0 Å². The Bertz CT molecular complexity index is 776. The topological polar surface area (TPSA) is 54.7 Å². The summed E-state index contributed by atoms with van der Waals surface area (Å²) in [6, 6.07) is 9.94. The first-order valence-corrected chi connectivity index (χ1v) is 9.36. The number of ether oxygens (including phenoxy) is 1. The third-order valence-corrected chi connectivity index (χ3v) is 5.77. The summed E-state index contributed by atoms with van der Waals surface area (Å²) in [6.07, 6.45) is 7.45. The zero-order chi connectivity index (χ0) is 18.0. The predicted octanol–water partition coefficient (Wildman–Crippen LogP) is 2.83. The third-order valence-electron chi connectivity index (χ3n) is 5.77. The number of likely N-dealkylation sites (tertiary alicyclic amines) is 1. The highest BCUT2D eigenvalue weighted by atomic mass is 16.5. The maximum Gasteiger partial charge on any atom is 0.193 e. The van der Waals surface area contributed by atoms with E-state index in [0.29, 0.717) is 12.0 Å². The van der Waals surface area contributed by atoms with Crippen LogP contribution in [0.1, 0.15) is 31.4 Å². The molecule has 2 fully saturated rings. The van der Waals surface area contributed by atoms with Gasteiger partial charge >= 0.3 is 0 Å². The summed E-state index contributed by atoms with van der Waals surface area (Å²) >= 11 is 0. The molecule has 4 rings (SSSR count). The van der Waals surface area contributed by atoms with Crippen LogP contribution in [-0.4, -0.2) is 47.9 Å². The number of rotatable bonds is 4. The van der Waals surface area contributed by atoms with Crippen LogP contribution in [0.15, 0.2) is 41.5 Å². The van der Waals surface area contributed by atoms with Crippen molar-refractivity contribution in [3.63, 3.8) is 0 Å². The van der Waals surface area contributed by atoms with Crippen LogP contribution < -0.4 is 10.1 Å². The monoisotopic (exact) mass is 353 g/mol. The fourth-order valence-electron chi connectivity index (χ4n) is 4.04. The van der Waals surface area contributed by atoms with E-state index in [1.165, 1.54) is 25.7 Å². The number of guanidine groups is 1. The highest BCUT2D eigenvalue weighted by Gasteiger charge is 2.43. The molecule has 1 aliphatic heterocycles. The molecule has 1 saturated heterocycles. The van der Waals surface area contributed by atoms with E-state index in [-0.39, 0.29) is 0 Å². The molecule has 1 spiro atoms. The van der Waals surface area contributed by atoms with Gasteiger partial charge in [-0.3, -0.25) is 4.99 Å². The molecule has 1 aliphatic carbocycles. The van der Waals surface area contributed by atoms with Gasteiger partial charge in [-0.05, 0) is 55.0 Å². The number of methoxy groups -OCH3 is 1. The van der Waals surface area contributed by atoms with Gasteiger partial charge in [-0.2, -0.15) is 5.10 Å². The van der Waals surface area contributed by atoms with Crippen molar-refractivity contribution in [2.24, 2.45) is 10.4 Å². The SMILES string of the molecule is CN=C(NCc1ccn(-c2ccc(OC)cc2)n1)N1CCC2(CCC2)C1. The second kappa shape index (κ2) is 7.02. The lowest BCUT2D eigenvalue weighted by Crippen LogP contribution is -2.42. The molecular formula is C20H27N5O. The van der Waals surface area contributed by atoms with Gasteiger partial charge in [0.05, 0.1) is 25.0 Å². The molecule has 1 aromatic carbocycles. The minimum atomic E-state index is 0.577. The van der Waals surface area contributed by atoms with E-state index < -0.39 is 0 Å². The molecule has 2 aliphatic rings. The van der Waals surface area contributed by atoms with E-state index in [1.54, 1.807) is 7.11 Å². The summed E-state index contributed by atoms with van der Waals surface area (Å²) < 4.78 is 7.09. The standard InChI is InChI=1S/C20H27N5O/c1-21-19(24-13-11-20(15-24)9-3-10-20)22-14-16-8-12-25(23-16)17-4-6-18(26-2)7-5-17/h4-8,12H,3,9-11,13-15H2,1-2H3,(H,21,22). The van der Waals surface area contributed by atoms with Crippen molar-refractivity contribution in [2.45, 2.75) is 32.2 Å². The van der Waals surface area contributed by atoms with Crippen LogP contribution in [-0.2, 0) is 6.54 Å². The highest BCUT2D eigenvalue weighted by molar-refractivity contribution is 5.80. The molecule has 2 aromatic rings. The van der Waals surface area contributed by atoms with Crippen LogP contribution in [0, 0.1) is 5.41 Å². The normalized spacial score (nSPS) is 18.8. The maximum absolute atomic E-state index is 5.21. The molecule has 0 radical (unpaired) electrons. The zero-order valence-corrected chi connectivity index (χ0v) is 15.6. The molecule has 138 valence electrons. The minimum absolute atomic E-state index is 0.577. The number of aromatic nitrogens is 2. The summed E-state index contributed by atoms with van der Waals surface area (Å²) in [5.41, 5.74) is 2.60. The maximum atomic E-state index is 5.21. The van der Waals surface area contributed by atoms with Gasteiger partial charge in [-0.1, -0.05) is 6.42 Å². The van der Waals surface area contributed by atoms with Gasteiger partial charge in [0.2, 0.25) is 0 Å². The Hall–Kier alpha value is -2.50. The lowest BCUT2D eigenvalue weighted by atomic mass is 9.68. The van der Waals surface area contributed by atoms with Crippen molar-refractivity contribution >= 4 is 5.96 Å². The fourth-order valence-corrected chi connectivity index (χ4v) is 4.04. The number of hydrogen-bond acceptors (Lipinski definition) is 3. The largest absolute Gasteiger partial charge is 0.497 e. The second-order valence-electron chi connectivity index (χ2n) is 7.38. The van der Waals surface area contributed by atoms with Crippen LogP contribution in [0.5, 0.6) is 5.75 Å². The molecule has 6 heteroatoms. The molecule has 1 saturated carbocycles. The summed E-state index contributed by atoms with van der Waals surface area (Å²) in [7, 11) is 3.54.